The molecule has 1 nitrogen and oxygen atoms in total. The van der Waals surface area contributed by atoms with E-state index < -0.39 is 0 Å². The lowest BCUT2D eigenvalue weighted by molar-refractivity contribution is 0.242. The molecule has 0 aliphatic carbocycles. The van der Waals surface area contributed by atoms with Gasteiger partial charge in [0.2, 0.25) is 0 Å². The number of hydrogen-bond donors (Lipinski definition) is 0. The number of allylic oxidation sites excluding steroid dienone is 3. The molecule has 1 atom stereocenters. The number of ether oxygens (including phenoxy) is 1. The van der Waals surface area contributed by atoms with Crippen LogP contribution in [0.3, 0.4) is 0 Å². The molecule has 0 saturated carbocycles. The highest BCUT2D eigenvalue weighted by molar-refractivity contribution is 5.16. The van der Waals surface area contributed by atoms with E-state index in [1.165, 1.54) is 11.1 Å². The summed E-state index contributed by atoms with van der Waals surface area (Å²) >= 11 is 0. The normalized spacial score (nSPS) is 25.8. The molecule has 12 heavy (non-hydrogen) atoms. The van der Waals surface area contributed by atoms with Gasteiger partial charge in [0.15, 0.2) is 0 Å². The minimum absolute atomic E-state index is 0.545. The molecule has 1 unspecified atom stereocenters. The minimum atomic E-state index is 0.545. The molecule has 1 heterocycles. The summed E-state index contributed by atoms with van der Waals surface area (Å²) in [5.41, 5.74) is 2.79. The Morgan fingerprint density at radius 1 is 1.33 bits per heavy atom. The van der Waals surface area contributed by atoms with Crippen molar-refractivity contribution in [3.8, 4) is 0 Å². The highest BCUT2D eigenvalue weighted by atomic mass is 16.5. The lowest BCUT2D eigenvalue weighted by atomic mass is 9.95. The second-order valence-electron chi connectivity index (χ2n) is 3.54. The highest BCUT2D eigenvalue weighted by Gasteiger charge is 2.07. The number of hydrogen-bond acceptors (Lipinski definition) is 1. The number of rotatable bonds is 0. The van der Waals surface area contributed by atoms with Crippen LogP contribution in [0, 0.1) is 5.92 Å². The van der Waals surface area contributed by atoms with E-state index in [2.05, 4.69) is 26.8 Å². The molecule has 68 valence electrons. The quantitative estimate of drug-likeness (QED) is 0.502. The first-order chi connectivity index (χ1) is 5.72. The highest BCUT2D eigenvalue weighted by Crippen LogP contribution is 2.21. The van der Waals surface area contributed by atoms with Crippen molar-refractivity contribution in [1.82, 2.24) is 0 Å². The smallest absolute Gasteiger partial charge is 0.0876 e. The molecule has 0 radical (unpaired) electrons. The van der Waals surface area contributed by atoms with Crippen LogP contribution < -0.4 is 0 Å². The maximum atomic E-state index is 5.39. The van der Waals surface area contributed by atoms with Gasteiger partial charge in [0.25, 0.3) is 0 Å². The van der Waals surface area contributed by atoms with Crippen molar-refractivity contribution < 1.29 is 4.74 Å². The maximum absolute atomic E-state index is 5.39. The third-order valence-electron chi connectivity index (χ3n) is 2.57. The zero-order chi connectivity index (χ0) is 8.97. The van der Waals surface area contributed by atoms with Crippen LogP contribution in [0.15, 0.2) is 23.5 Å². The largest absolute Gasteiger partial charge is 0.501 e. The predicted molar refractivity (Wildman–Crippen MR) is 51.9 cm³/mol. The summed E-state index contributed by atoms with van der Waals surface area (Å²) in [5, 5.41) is 0. The Balaban J connectivity index is 2.74. The Bertz CT molecular complexity index is 179. The second-order valence-corrected chi connectivity index (χ2v) is 3.54. The fourth-order valence-electron chi connectivity index (χ4n) is 1.32. The summed E-state index contributed by atoms with van der Waals surface area (Å²) in [6, 6.07) is 0. The molecule has 1 heteroatoms. The summed E-state index contributed by atoms with van der Waals surface area (Å²) in [6.07, 6.45) is 6.52. The Morgan fingerprint density at radius 3 is 2.83 bits per heavy atom. The summed E-state index contributed by atoms with van der Waals surface area (Å²) < 4.78 is 5.39. The summed E-state index contributed by atoms with van der Waals surface area (Å²) in [7, 11) is 0. The Kier molecular flexibility index (Phi) is 3.39. The predicted octanol–water partition coefficient (Wildman–Crippen LogP) is 3.28. The van der Waals surface area contributed by atoms with Crippen LogP contribution in [0.25, 0.3) is 0 Å². The van der Waals surface area contributed by atoms with Crippen molar-refractivity contribution in [3.63, 3.8) is 0 Å². The molecule has 1 aliphatic rings. The van der Waals surface area contributed by atoms with E-state index in [-0.39, 0.29) is 0 Å². The van der Waals surface area contributed by atoms with Gasteiger partial charge in [-0.2, -0.15) is 0 Å². The topological polar surface area (TPSA) is 9.23 Å². The van der Waals surface area contributed by atoms with E-state index in [0.29, 0.717) is 5.92 Å². The standard InChI is InChI=1S/C11H18O/c1-9-6-4-5-7-12-8-10(2)11(9)3/h6,8,11H,4-5,7H2,1-3H3. The van der Waals surface area contributed by atoms with E-state index in [4.69, 9.17) is 4.74 Å². The molecule has 0 aromatic rings. The zero-order valence-corrected chi connectivity index (χ0v) is 8.26. The fourth-order valence-corrected chi connectivity index (χ4v) is 1.32. The molecule has 0 saturated heterocycles. The minimum Gasteiger partial charge on any atom is -0.501 e. The average molecular weight is 166 g/mol. The van der Waals surface area contributed by atoms with Gasteiger partial charge in [-0.15, -0.1) is 0 Å². The van der Waals surface area contributed by atoms with E-state index in [0.717, 1.165) is 19.4 Å². The molecule has 0 amide bonds. The van der Waals surface area contributed by atoms with Gasteiger partial charge in [-0.3, -0.25) is 0 Å². The fraction of sp³-hybridized carbons (Fsp3) is 0.636. The molecular formula is C11H18O. The van der Waals surface area contributed by atoms with Gasteiger partial charge < -0.3 is 4.74 Å². The zero-order valence-electron chi connectivity index (χ0n) is 8.26. The van der Waals surface area contributed by atoms with Gasteiger partial charge >= 0.3 is 0 Å². The van der Waals surface area contributed by atoms with Gasteiger partial charge in [-0.25, -0.2) is 0 Å². The summed E-state index contributed by atoms with van der Waals surface area (Å²) in [4.78, 5) is 0. The van der Waals surface area contributed by atoms with Crippen molar-refractivity contribution >= 4 is 0 Å². The van der Waals surface area contributed by atoms with Crippen molar-refractivity contribution in [2.45, 2.75) is 33.6 Å². The van der Waals surface area contributed by atoms with Crippen LogP contribution in [0.4, 0.5) is 0 Å². The van der Waals surface area contributed by atoms with Gasteiger partial charge in [0.1, 0.15) is 0 Å². The summed E-state index contributed by atoms with van der Waals surface area (Å²) in [6.45, 7) is 7.42. The molecular weight excluding hydrogens is 148 g/mol. The first-order valence-electron chi connectivity index (χ1n) is 4.66. The monoisotopic (exact) mass is 166 g/mol. The third kappa shape index (κ3) is 2.40. The Hall–Kier alpha value is -0.720. The Labute approximate surface area is 75.1 Å². The van der Waals surface area contributed by atoms with Crippen LogP contribution in [-0.4, -0.2) is 6.61 Å². The van der Waals surface area contributed by atoms with E-state index >= 15 is 0 Å². The lowest BCUT2D eigenvalue weighted by Gasteiger charge is -2.11. The van der Waals surface area contributed by atoms with Crippen LogP contribution in [0.5, 0.6) is 0 Å². The average Bonchev–Trinajstić information content (AvgIpc) is 2.12. The maximum Gasteiger partial charge on any atom is 0.0876 e. The van der Waals surface area contributed by atoms with Crippen molar-refractivity contribution in [1.29, 1.82) is 0 Å². The molecule has 0 aromatic carbocycles. The van der Waals surface area contributed by atoms with Crippen molar-refractivity contribution in [2.24, 2.45) is 5.92 Å². The molecule has 0 N–H and O–H groups in total. The molecule has 0 aromatic heterocycles. The van der Waals surface area contributed by atoms with Crippen molar-refractivity contribution in [2.75, 3.05) is 6.61 Å². The van der Waals surface area contributed by atoms with Gasteiger partial charge in [0, 0.05) is 5.92 Å². The van der Waals surface area contributed by atoms with Crippen LogP contribution >= 0.6 is 0 Å². The second kappa shape index (κ2) is 4.34. The van der Waals surface area contributed by atoms with Crippen LogP contribution in [0.1, 0.15) is 33.6 Å². The van der Waals surface area contributed by atoms with Gasteiger partial charge in [0.05, 0.1) is 12.9 Å². The molecule has 0 fully saturated rings. The molecule has 0 bridgehead atoms. The summed E-state index contributed by atoms with van der Waals surface area (Å²) in [5.74, 6) is 0.545. The third-order valence-corrected chi connectivity index (χ3v) is 2.57. The Morgan fingerprint density at radius 2 is 2.08 bits per heavy atom. The molecule has 0 spiro atoms. The molecule has 1 rings (SSSR count). The molecule has 1 aliphatic heterocycles. The SMILES string of the molecule is CC1=CCCCOC=C(C)C1C. The first kappa shape index (κ1) is 9.37. The van der Waals surface area contributed by atoms with Crippen LogP contribution in [0.2, 0.25) is 0 Å². The van der Waals surface area contributed by atoms with Crippen molar-refractivity contribution in [3.05, 3.63) is 23.5 Å². The van der Waals surface area contributed by atoms with E-state index in [1.54, 1.807) is 0 Å². The van der Waals surface area contributed by atoms with Gasteiger partial charge in [-0.1, -0.05) is 18.6 Å². The van der Waals surface area contributed by atoms with E-state index in [1.807, 2.05) is 6.26 Å². The van der Waals surface area contributed by atoms with Crippen LogP contribution in [-0.2, 0) is 4.74 Å². The van der Waals surface area contributed by atoms with Gasteiger partial charge in [-0.05, 0) is 32.3 Å². The first-order valence-corrected chi connectivity index (χ1v) is 4.66. The lowest BCUT2D eigenvalue weighted by Crippen LogP contribution is -1.98. The van der Waals surface area contributed by atoms with E-state index in [9.17, 15) is 0 Å².